The number of nitrogens with one attached hydrogen (secondary N) is 1. The molecule has 0 saturated carbocycles. The molecule has 1 amide bonds. The molecule has 1 N–H and O–H groups in total. The smallest absolute Gasteiger partial charge is 0.252 e. The van der Waals surface area contributed by atoms with Crippen LogP contribution in [0.15, 0.2) is 27.1 Å². The summed E-state index contributed by atoms with van der Waals surface area (Å²) in [7, 11) is 0. The second kappa shape index (κ2) is 8.15. The van der Waals surface area contributed by atoms with E-state index in [1.807, 2.05) is 18.2 Å². The summed E-state index contributed by atoms with van der Waals surface area (Å²) in [6.07, 6.45) is 5.25. The Morgan fingerprint density at radius 2 is 1.85 bits per heavy atom. The Labute approximate surface area is 137 Å². The maximum Gasteiger partial charge on any atom is 0.252 e. The first-order valence-corrected chi connectivity index (χ1v) is 8.71. The van der Waals surface area contributed by atoms with Gasteiger partial charge in [0.15, 0.2) is 0 Å². The highest BCUT2D eigenvalue weighted by Gasteiger charge is 2.12. The summed E-state index contributed by atoms with van der Waals surface area (Å²) in [5, 5.41) is 3.00. The SMILES string of the molecule is O=C(NCCN1CCCCCC1)c1ccc(Br)cc1Br. The first kappa shape index (κ1) is 16.0. The van der Waals surface area contributed by atoms with E-state index in [0.717, 1.165) is 28.6 Å². The van der Waals surface area contributed by atoms with Gasteiger partial charge in [0.05, 0.1) is 5.56 Å². The molecule has 2 rings (SSSR count). The lowest BCUT2D eigenvalue weighted by Gasteiger charge is -2.19. The Kier molecular flexibility index (Phi) is 6.52. The van der Waals surface area contributed by atoms with Crippen LogP contribution >= 0.6 is 31.9 Å². The Morgan fingerprint density at radius 3 is 2.50 bits per heavy atom. The van der Waals surface area contributed by atoms with E-state index in [1.165, 1.54) is 25.7 Å². The molecule has 0 radical (unpaired) electrons. The van der Waals surface area contributed by atoms with E-state index in [0.29, 0.717) is 12.1 Å². The van der Waals surface area contributed by atoms with Crippen LogP contribution in [-0.2, 0) is 0 Å². The largest absolute Gasteiger partial charge is 0.351 e. The van der Waals surface area contributed by atoms with Crippen LogP contribution in [-0.4, -0.2) is 37.0 Å². The standard InChI is InChI=1S/C15H20Br2N2O/c16-12-5-6-13(14(17)11-12)15(20)18-7-10-19-8-3-1-2-4-9-19/h5-6,11H,1-4,7-10H2,(H,18,20). The summed E-state index contributed by atoms with van der Waals surface area (Å²) < 4.78 is 1.78. The van der Waals surface area contributed by atoms with Crippen LogP contribution in [0.25, 0.3) is 0 Å². The van der Waals surface area contributed by atoms with Crippen LogP contribution in [0.2, 0.25) is 0 Å². The average molecular weight is 404 g/mol. The fourth-order valence-electron chi connectivity index (χ4n) is 2.46. The zero-order valence-electron chi connectivity index (χ0n) is 11.5. The summed E-state index contributed by atoms with van der Waals surface area (Å²) >= 11 is 6.81. The molecule has 0 spiro atoms. The second-order valence-corrected chi connectivity index (χ2v) is 6.91. The maximum atomic E-state index is 12.1. The van der Waals surface area contributed by atoms with Gasteiger partial charge < -0.3 is 10.2 Å². The third kappa shape index (κ3) is 4.86. The fraction of sp³-hybridized carbons (Fsp3) is 0.533. The molecule has 1 aliphatic heterocycles. The van der Waals surface area contributed by atoms with Crippen molar-refractivity contribution in [2.45, 2.75) is 25.7 Å². The van der Waals surface area contributed by atoms with Gasteiger partial charge in [0.1, 0.15) is 0 Å². The highest BCUT2D eigenvalue weighted by atomic mass is 79.9. The molecule has 1 saturated heterocycles. The lowest BCUT2D eigenvalue weighted by molar-refractivity contribution is 0.0947. The van der Waals surface area contributed by atoms with Gasteiger partial charge in [-0.3, -0.25) is 4.79 Å². The summed E-state index contributed by atoms with van der Waals surface area (Å²) in [6, 6.07) is 5.60. The number of halogens is 2. The summed E-state index contributed by atoms with van der Waals surface area (Å²) in [6.45, 7) is 3.98. The molecule has 0 atom stereocenters. The predicted molar refractivity (Wildman–Crippen MR) is 89.1 cm³/mol. The van der Waals surface area contributed by atoms with Crippen LogP contribution in [0.3, 0.4) is 0 Å². The van der Waals surface area contributed by atoms with Crippen molar-refractivity contribution >= 4 is 37.8 Å². The highest BCUT2D eigenvalue weighted by molar-refractivity contribution is 9.11. The third-order valence-corrected chi connectivity index (χ3v) is 4.74. The molecule has 3 nitrogen and oxygen atoms in total. The van der Waals surface area contributed by atoms with Gasteiger partial charge >= 0.3 is 0 Å². The van der Waals surface area contributed by atoms with Crippen LogP contribution in [0.1, 0.15) is 36.0 Å². The van der Waals surface area contributed by atoms with Crippen molar-refractivity contribution in [3.8, 4) is 0 Å². The Morgan fingerprint density at radius 1 is 1.15 bits per heavy atom. The van der Waals surface area contributed by atoms with Gasteiger partial charge in [0.25, 0.3) is 5.91 Å². The number of benzene rings is 1. The monoisotopic (exact) mass is 402 g/mol. The minimum atomic E-state index is -0.0146. The van der Waals surface area contributed by atoms with E-state index in [-0.39, 0.29) is 5.91 Å². The Balaban J connectivity index is 1.79. The van der Waals surface area contributed by atoms with Crippen molar-refractivity contribution in [1.29, 1.82) is 0 Å². The zero-order chi connectivity index (χ0) is 14.4. The molecule has 20 heavy (non-hydrogen) atoms. The fourth-order valence-corrected chi connectivity index (χ4v) is 3.68. The number of nitrogens with zero attached hydrogens (tertiary/aromatic N) is 1. The number of amides is 1. The molecular weight excluding hydrogens is 384 g/mol. The molecule has 1 aromatic carbocycles. The number of hydrogen-bond acceptors (Lipinski definition) is 2. The third-order valence-electron chi connectivity index (χ3n) is 3.59. The van der Waals surface area contributed by atoms with Crippen molar-refractivity contribution in [3.63, 3.8) is 0 Å². The molecule has 1 heterocycles. The van der Waals surface area contributed by atoms with Gasteiger partial charge in [-0.1, -0.05) is 28.8 Å². The van der Waals surface area contributed by atoms with E-state index in [9.17, 15) is 4.79 Å². The van der Waals surface area contributed by atoms with Crippen LogP contribution < -0.4 is 5.32 Å². The number of likely N-dealkylation sites (tertiary alicyclic amines) is 1. The molecule has 0 bridgehead atoms. The first-order chi connectivity index (χ1) is 9.66. The molecular formula is C15H20Br2N2O. The van der Waals surface area contributed by atoms with Gasteiger partial charge in [-0.05, 0) is 60.1 Å². The summed E-state index contributed by atoms with van der Waals surface area (Å²) in [4.78, 5) is 14.6. The van der Waals surface area contributed by atoms with E-state index < -0.39 is 0 Å². The zero-order valence-corrected chi connectivity index (χ0v) is 14.7. The van der Waals surface area contributed by atoms with Crippen molar-refractivity contribution < 1.29 is 4.79 Å². The molecule has 0 aromatic heterocycles. The number of carbonyl (C=O) groups is 1. The van der Waals surface area contributed by atoms with Gasteiger partial charge in [0, 0.05) is 22.0 Å². The number of rotatable bonds is 4. The summed E-state index contributed by atoms with van der Waals surface area (Å²) in [5.41, 5.74) is 0.684. The average Bonchev–Trinajstić information content (AvgIpc) is 2.67. The predicted octanol–water partition coefficient (Wildman–Crippen LogP) is 3.82. The molecule has 1 aliphatic rings. The van der Waals surface area contributed by atoms with Crippen LogP contribution in [0.4, 0.5) is 0 Å². The van der Waals surface area contributed by atoms with Gasteiger partial charge in [0.2, 0.25) is 0 Å². The summed E-state index contributed by atoms with van der Waals surface area (Å²) in [5.74, 6) is -0.0146. The van der Waals surface area contributed by atoms with E-state index in [2.05, 4.69) is 42.1 Å². The minimum Gasteiger partial charge on any atom is -0.351 e. The molecule has 1 fully saturated rings. The van der Waals surface area contributed by atoms with Gasteiger partial charge in [-0.2, -0.15) is 0 Å². The number of carbonyl (C=O) groups excluding carboxylic acids is 1. The number of hydrogen-bond donors (Lipinski definition) is 1. The van der Waals surface area contributed by atoms with Crippen molar-refractivity contribution in [2.75, 3.05) is 26.2 Å². The normalized spacial score (nSPS) is 16.7. The topological polar surface area (TPSA) is 32.3 Å². The lowest BCUT2D eigenvalue weighted by atomic mass is 10.2. The second-order valence-electron chi connectivity index (χ2n) is 5.14. The van der Waals surface area contributed by atoms with Crippen LogP contribution in [0.5, 0.6) is 0 Å². The maximum absolute atomic E-state index is 12.1. The molecule has 0 unspecified atom stereocenters. The molecule has 0 aliphatic carbocycles. The van der Waals surface area contributed by atoms with Crippen molar-refractivity contribution in [2.24, 2.45) is 0 Å². The Bertz CT molecular complexity index is 457. The van der Waals surface area contributed by atoms with Crippen LogP contribution in [0, 0.1) is 0 Å². The lowest BCUT2D eigenvalue weighted by Crippen LogP contribution is -2.35. The van der Waals surface area contributed by atoms with E-state index >= 15 is 0 Å². The molecule has 5 heteroatoms. The van der Waals surface area contributed by atoms with Crippen molar-refractivity contribution in [1.82, 2.24) is 10.2 Å². The Hall–Kier alpha value is -0.390. The van der Waals surface area contributed by atoms with Gasteiger partial charge in [-0.25, -0.2) is 0 Å². The van der Waals surface area contributed by atoms with E-state index in [1.54, 1.807) is 0 Å². The highest BCUT2D eigenvalue weighted by Crippen LogP contribution is 2.21. The van der Waals surface area contributed by atoms with Gasteiger partial charge in [-0.15, -0.1) is 0 Å². The van der Waals surface area contributed by atoms with E-state index in [4.69, 9.17) is 0 Å². The molecule has 110 valence electrons. The van der Waals surface area contributed by atoms with Crippen molar-refractivity contribution in [3.05, 3.63) is 32.7 Å². The minimum absolute atomic E-state index is 0.0146. The molecule has 1 aromatic rings. The quantitative estimate of drug-likeness (QED) is 0.828. The first-order valence-electron chi connectivity index (χ1n) is 7.12.